The van der Waals surface area contributed by atoms with E-state index < -0.39 is 0 Å². The van der Waals surface area contributed by atoms with Crippen LogP contribution < -0.4 is 10.6 Å². The Morgan fingerprint density at radius 3 is 2.38 bits per heavy atom. The molecule has 2 N–H and O–H groups in total. The molecule has 1 aliphatic heterocycles. The molecule has 2 aliphatic carbocycles. The van der Waals surface area contributed by atoms with E-state index in [1.807, 2.05) is 7.05 Å². The molecule has 24 heavy (non-hydrogen) atoms. The monoisotopic (exact) mass is 336 g/mol. The molecular formula is C19H36N4O. The molecular weight excluding hydrogens is 300 g/mol. The molecule has 0 amide bonds. The number of rotatable bonds is 4. The lowest BCUT2D eigenvalue weighted by molar-refractivity contribution is -0.0352. The molecule has 0 atom stereocenters. The van der Waals surface area contributed by atoms with Crippen LogP contribution in [0, 0.1) is 0 Å². The fraction of sp³-hybridized carbons (Fsp3) is 0.947. The number of guanidine groups is 1. The van der Waals surface area contributed by atoms with Crippen LogP contribution in [0.15, 0.2) is 4.99 Å². The van der Waals surface area contributed by atoms with Gasteiger partial charge >= 0.3 is 0 Å². The molecule has 0 unspecified atom stereocenters. The second-order valence-corrected chi connectivity index (χ2v) is 7.79. The fourth-order valence-electron chi connectivity index (χ4n) is 4.74. The maximum absolute atomic E-state index is 5.58. The summed E-state index contributed by atoms with van der Waals surface area (Å²) in [6, 6.07) is 0.607. The highest BCUT2D eigenvalue weighted by Gasteiger charge is 2.38. The minimum atomic E-state index is 0.298. The molecule has 0 aromatic rings. The molecule has 138 valence electrons. The number of hydrogen-bond acceptors (Lipinski definition) is 3. The van der Waals surface area contributed by atoms with Crippen molar-refractivity contribution in [1.29, 1.82) is 0 Å². The Balaban J connectivity index is 1.57. The van der Waals surface area contributed by atoms with E-state index in [2.05, 4.69) is 20.5 Å². The maximum atomic E-state index is 5.58. The Kier molecular flexibility index (Phi) is 6.78. The van der Waals surface area contributed by atoms with Crippen molar-refractivity contribution in [3.05, 3.63) is 0 Å². The standard InChI is InChI=1S/C19H36N4O/c1-20-18(22-17-8-4-2-5-9-17)21-16-19(10-6-3-7-11-19)23-12-14-24-15-13-23/h17H,2-16H2,1H3,(H2,20,21,22). The van der Waals surface area contributed by atoms with Gasteiger partial charge in [0, 0.05) is 38.3 Å². The first-order valence-corrected chi connectivity index (χ1v) is 10.1. The molecule has 0 spiro atoms. The first-order valence-electron chi connectivity index (χ1n) is 10.1. The van der Waals surface area contributed by atoms with Crippen LogP contribution in [0.5, 0.6) is 0 Å². The Hall–Kier alpha value is -0.810. The quantitative estimate of drug-likeness (QED) is 0.612. The van der Waals surface area contributed by atoms with Gasteiger partial charge in [0.15, 0.2) is 5.96 Å². The predicted octanol–water partition coefficient (Wildman–Crippen LogP) is 2.52. The minimum absolute atomic E-state index is 0.298. The van der Waals surface area contributed by atoms with E-state index in [0.29, 0.717) is 11.6 Å². The normalized spacial score (nSPS) is 27.0. The Morgan fingerprint density at radius 1 is 1.04 bits per heavy atom. The third kappa shape index (κ3) is 4.63. The van der Waals surface area contributed by atoms with Crippen molar-refractivity contribution in [3.8, 4) is 0 Å². The molecule has 3 aliphatic rings. The Labute approximate surface area is 147 Å². The molecule has 2 saturated carbocycles. The summed E-state index contributed by atoms with van der Waals surface area (Å²) in [7, 11) is 1.90. The van der Waals surface area contributed by atoms with Crippen molar-refractivity contribution in [2.24, 2.45) is 4.99 Å². The summed E-state index contributed by atoms with van der Waals surface area (Å²) in [5.41, 5.74) is 0.298. The number of nitrogens with one attached hydrogen (secondary N) is 2. The van der Waals surface area contributed by atoms with Crippen LogP contribution in [0.1, 0.15) is 64.2 Å². The van der Waals surface area contributed by atoms with Crippen molar-refractivity contribution in [1.82, 2.24) is 15.5 Å². The van der Waals surface area contributed by atoms with E-state index >= 15 is 0 Å². The van der Waals surface area contributed by atoms with Gasteiger partial charge in [-0.3, -0.25) is 9.89 Å². The molecule has 3 rings (SSSR count). The van der Waals surface area contributed by atoms with Crippen LogP contribution in [0.4, 0.5) is 0 Å². The summed E-state index contributed by atoms with van der Waals surface area (Å²) >= 11 is 0. The van der Waals surface area contributed by atoms with Crippen LogP contribution >= 0.6 is 0 Å². The molecule has 0 aromatic heterocycles. The second kappa shape index (κ2) is 9.04. The van der Waals surface area contributed by atoms with E-state index in [0.717, 1.165) is 38.8 Å². The van der Waals surface area contributed by atoms with Gasteiger partial charge in [-0.2, -0.15) is 0 Å². The van der Waals surface area contributed by atoms with E-state index in [1.165, 1.54) is 64.2 Å². The fourth-order valence-corrected chi connectivity index (χ4v) is 4.74. The third-order valence-corrected chi connectivity index (χ3v) is 6.22. The summed E-state index contributed by atoms with van der Waals surface area (Å²) in [5, 5.41) is 7.34. The smallest absolute Gasteiger partial charge is 0.191 e. The zero-order valence-electron chi connectivity index (χ0n) is 15.5. The second-order valence-electron chi connectivity index (χ2n) is 7.79. The summed E-state index contributed by atoms with van der Waals surface area (Å²) in [6.07, 6.45) is 13.4. The van der Waals surface area contributed by atoms with Crippen molar-refractivity contribution in [2.45, 2.75) is 75.8 Å². The van der Waals surface area contributed by atoms with Gasteiger partial charge in [-0.25, -0.2) is 0 Å². The Morgan fingerprint density at radius 2 is 1.71 bits per heavy atom. The zero-order valence-corrected chi connectivity index (χ0v) is 15.5. The van der Waals surface area contributed by atoms with Crippen LogP contribution in [-0.2, 0) is 4.74 Å². The highest BCUT2D eigenvalue weighted by atomic mass is 16.5. The summed E-state index contributed by atoms with van der Waals surface area (Å²) in [5.74, 6) is 1.00. The molecule has 1 heterocycles. The van der Waals surface area contributed by atoms with Crippen LogP contribution in [-0.4, -0.2) is 62.3 Å². The first kappa shape index (κ1) is 18.0. The first-order chi connectivity index (χ1) is 11.8. The van der Waals surface area contributed by atoms with E-state index in [4.69, 9.17) is 4.74 Å². The Bertz CT molecular complexity index is 394. The number of morpholine rings is 1. The topological polar surface area (TPSA) is 48.9 Å². The van der Waals surface area contributed by atoms with Gasteiger partial charge in [0.05, 0.1) is 13.2 Å². The number of ether oxygens (including phenoxy) is 1. The van der Waals surface area contributed by atoms with Gasteiger partial charge in [-0.1, -0.05) is 38.5 Å². The van der Waals surface area contributed by atoms with Gasteiger partial charge in [0.2, 0.25) is 0 Å². The maximum Gasteiger partial charge on any atom is 0.191 e. The highest BCUT2D eigenvalue weighted by Crippen LogP contribution is 2.33. The molecule has 5 heteroatoms. The van der Waals surface area contributed by atoms with Crippen molar-refractivity contribution in [2.75, 3.05) is 39.9 Å². The zero-order chi connectivity index (χ0) is 16.7. The van der Waals surface area contributed by atoms with Crippen molar-refractivity contribution >= 4 is 5.96 Å². The average molecular weight is 337 g/mol. The van der Waals surface area contributed by atoms with Crippen LogP contribution in [0.25, 0.3) is 0 Å². The lowest BCUT2D eigenvalue weighted by Gasteiger charge is -2.48. The molecule has 5 nitrogen and oxygen atoms in total. The van der Waals surface area contributed by atoms with Gasteiger partial charge < -0.3 is 15.4 Å². The lowest BCUT2D eigenvalue weighted by atomic mass is 9.79. The predicted molar refractivity (Wildman–Crippen MR) is 99.6 cm³/mol. The number of hydrogen-bond donors (Lipinski definition) is 2. The number of nitrogens with zero attached hydrogens (tertiary/aromatic N) is 2. The van der Waals surface area contributed by atoms with E-state index in [-0.39, 0.29) is 0 Å². The van der Waals surface area contributed by atoms with Gasteiger partial charge in [-0.15, -0.1) is 0 Å². The highest BCUT2D eigenvalue weighted by molar-refractivity contribution is 5.80. The van der Waals surface area contributed by atoms with Gasteiger partial charge in [-0.05, 0) is 25.7 Å². The number of aliphatic imine (C=N–C) groups is 1. The minimum Gasteiger partial charge on any atom is -0.379 e. The molecule has 0 radical (unpaired) electrons. The van der Waals surface area contributed by atoms with Crippen molar-refractivity contribution < 1.29 is 4.74 Å². The molecule has 3 fully saturated rings. The van der Waals surface area contributed by atoms with Gasteiger partial charge in [0.1, 0.15) is 0 Å². The summed E-state index contributed by atoms with van der Waals surface area (Å²) < 4.78 is 5.58. The van der Waals surface area contributed by atoms with Crippen molar-refractivity contribution in [3.63, 3.8) is 0 Å². The molecule has 1 saturated heterocycles. The summed E-state index contributed by atoms with van der Waals surface area (Å²) in [6.45, 7) is 4.94. The molecule has 0 aromatic carbocycles. The molecule has 0 bridgehead atoms. The summed E-state index contributed by atoms with van der Waals surface area (Å²) in [4.78, 5) is 7.19. The van der Waals surface area contributed by atoms with Gasteiger partial charge in [0.25, 0.3) is 0 Å². The SMILES string of the molecule is CN=C(NCC1(N2CCOCC2)CCCCC1)NC1CCCCC1. The van der Waals surface area contributed by atoms with E-state index in [9.17, 15) is 0 Å². The van der Waals surface area contributed by atoms with Crippen LogP contribution in [0.3, 0.4) is 0 Å². The van der Waals surface area contributed by atoms with Crippen LogP contribution in [0.2, 0.25) is 0 Å². The van der Waals surface area contributed by atoms with E-state index in [1.54, 1.807) is 0 Å². The average Bonchev–Trinajstić information content (AvgIpc) is 2.67. The third-order valence-electron chi connectivity index (χ3n) is 6.22. The lowest BCUT2D eigenvalue weighted by Crippen LogP contribution is -2.61. The largest absolute Gasteiger partial charge is 0.379 e.